The summed E-state index contributed by atoms with van der Waals surface area (Å²) in [4.78, 5) is 10.6. The van der Waals surface area contributed by atoms with Crippen molar-refractivity contribution in [2.75, 3.05) is 13.7 Å². The summed E-state index contributed by atoms with van der Waals surface area (Å²) in [5, 5.41) is 0. The Kier molecular flexibility index (Phi) is 2.05. The molecule has 0 spiro atoms. The van der Waals surface area contributed by atoms with Crippen LogP contribution in [0.4, 0.5) is 8.78 Å². The minimum atomic E-state index is -3.10. The summed E-state index contributed by atoms with van der Waals surface area (Å²) in [5.74, 6) is -3.69. The highest BCUT2D eigenvalue weighted by atomic mass is 19.2. The van der Waals surface area contributed by atoms with Crippen molar-refractivity contribution in [3.63, 3.8) is 0 Å². The summed E-state index contributed by atoms with van der Waals surface area (Å²) < 4.78 is 38.1. The van der Waals surface area contributed by atoms with Crippen LogP contribution >= 0.6 is 0 Å². The second-order valence-electron chi connectivity index (χ2n) is 2.52. The van der Waals surface area contributed by atoms with Gasteiger partial charge in [0.15, 0.2) is 0 Å². The molecule has 0 aliphatic carbocycles. The molecule has 1 fully saturated rings. The Morgan fingerprint density at radius 2 is 2.17 bits per heavy atom. The van der Waals surface area contributed by atoms with E-state index in [1.807, 2.05) is 0 Å². The van der Waals surface area contributed by atoms with Crippen molar-refractivity contribution >= 4 is 5.97 Å². The van der Waals surface area contributed by atoms with Gasteiger partial charge in [-0.3, -0.25) is 4.74 Å². The second kappa shape index (κ2) is 2.63. The highest BCUT2D eigenvalue weighted by molar-refractivity contribution is 5.76. The van der Waals surface area contributed by atoms with Crippen molar-refractivity contribution in [2.45, 2.75) is 18.8 Å². The molecule has 2 atom stereocenters. The van der Waals surface area contributed by atoms with E-state index in [2.05, 4.69) is 14.2 Å². The maximum atomic E-state index is 13.0. The SMILES string of the molecule is COC(=O)C1(F)OCC(C)(F)O1. The Morgan fingerprint density at radius 3 is 2.50 bits per heavy atom. The van der Waals surface area contributed by atoms with Crippen LogP contribution in [0.15, 0.2) is 0 Å². The lowest BCUT2D eigenvalue weighted by molar-refractivity contribution is -0.284. The van der Waals surface area contributed by atoms with Gasteiger partial charge in [-0.25, -0.2) is 9.18 Å². The average Bonchev–Trinajstić information content (AvgIpc) is 2.25. The van der Waals surface area contributed by atoms with Crippen molar-refractivity contribution in [2.24, 2.45) is 0 Å². The smallest absolute Gasteiger partial charge is 0.424 e. The van der Waals surface area contributed by atoms with Crippen LogP contribution in [0.2, 0.25) is 0 Å². The Bertz CT molecular complexity index is 206. The van der Waals surface area contributed by atoms with Crippen LogP contribution in [0, 0.1) is 0 Å². The zero-order valence-corrected chi connectivity index (χ0v) is 6.60. The average molecular weight is 182 g/mol. The molecule has 1 aliphatic heterocycles. The molecule has 0 radical (unpaired) electrons. The van der Waals surface area contributed by atoms with Crippen molar-refractivity contribution in [3.05, 3.63) is 0 Å². The van der Waals surface area contributed by atoms with Gasteiger partial charge in [0.25, 0.3) is 0 Å². The largest absolute Gasteiger partial charge is 0.463 e. The fourth-order valence-electron chi connectivity index (χ4n) is 0.777. The van der Waals surface area contributed by atoms with Gasteiger partial charge in [0, 0.05) is 0 Å². The van der Waals surface area contributed by atoms with E-state index in [0.717, 1.165) is 14.0 Å². The molecule has 0 amide bonds. The molecule has 4 nitrogen and oxygen atoms in total. The lowest BCUT2D eigenvalue weighted by atomic mass is 10.4. The predicted octanol–water partition coefficient (Wildman–Crippen LogP) is 0.515. The van der Waals surface area contributed by atoms with Crippen LogP contribution in [0.1, 0.15) is 6.92 Å². The maximum absolute atomic E-state index is 13.0. The summed E-state index contributed by atoms with van der Waals surface area (Å²) >= 11 is 0. The van der Waals surface area contributed by atoms with Gasteiger partial charge >= 0.3 is 12.0 Å². The van der Waals surface area contributed by atoms with Crippen molar-refractivity contribution in [1.82, 2.24) is 0 Å². The molecule has 2 unspecified atom stereocenters. The first-order valence-corrected chi connectivity index (χ1v) is 3.20. The van der Waals surface area contributed by atoms with Gasteiger partial charge < -0.3 is 9.47 Å². The standard InChI is InChI=1S/C6H8F2O4/c1-5(7)3-11-6(8,12-5)4(9)10-2/h3H2,1-2H3. The van der Waals surface area contributed by atoms with E-state index in [1.165, 1.54) is 0 Å². The molecule has 1 rings (SSSR count). The molecule has 0 aromatic carbocycles. The van der Waals surface area contributed by atoms with Gasteiger partial charge in [-0.1, -0.05) is 0 Å². The summed E-state index contributed by atoms with van der Waals surface area (Å²) in [6.07, 6.45) is 0. The quantitative estimate of drug-likeness (QED) is 0.554. The Balaban J connectivity index is 2.71. The van der Waals surface area contributed by atoms with Gasteiger partial charge in [0.05, 0.1) is 7.11 Å². The molecular formula is C6H8F2O4. The van der Waals surface area contributed by atoms with E-state index in [-0.39, 0.29) is 0 Å². The normalized spacial score (nSPS) is 41.3. The lowest BCUT2D eigenvalue weighted by Gasteiger charge is -2.15. The third kappa shape index (κ3) is 1.54. The number of alkyl halides is 2. The third-order valence-corrected chi connectivity index (χ3v) is 1.29. The summed E-state index contributed by atoms with van der Waals surface area (Å²) in [5.41, 5.74) is 0. The number of rotatable bonds is 1. The number of methoxy groups -OCH3 is 1. The van der Waals surface area contributed by atoms with Crippen molar-refractivity contribution in [3.8, 4) is 0 Å². The molecule has 0 aromatic heterocycles. The second-order valence-corrected chi connectivity index (χ2v) is 2.52. The van der Waals surface area contributed by atoms with Gasteiger partial charge in [0.2, 0.25) is 5.85 Å². The van der Waals surface area contributed by atoms with E-state index in [4.69, 9.17) is 0 Å². The number of hydrogen-bond acceptors (Lipinski definition) is 4. The third-order valence-electron chi connectivity index (χ3n) is 1.29. The van der Waals surface area contributed by atoms with Gasteiger partial charge in [0.1, 0.15) is 6.61 Å². The first-order chi connectivity index (χ1) is 5.40. The Hall–Kier alpha value is -0.750. The van der Waals surface area contributed by atoms with E-state index >= 15 is 0 Å². The molecule has 0 saturated carbocycles. The van der Waals surface area contributed by atoms with E-state index in [9.17, 15) is 13.6 Å². The van der Waals surface area contributed by atoms with Gasteiger partial charge in [-0.15, -0.1) is 0 Å². The zero-order valence-electron chi connectivity index (χ0n) is 6.60. The topological polar surface area (TPSA) is 44.8 Å². The molecule has 1 aliphatic rings. The predicted molar refractivity (Wildman–Crippen MR) is 32.4 cm³/mol. The van der Waals surface area contributed by atoms with Crippen molar-refractivity contribution in [1.29, 1.82) is 0 Å². The van der Waals surface area contributed by atoms with E-state index in [1.54, 1.807) is 0 Å². The maximum Gasteiger partial charge on any atom is 0.424 e. The molecule has 0 bridgehead atoms. The molecule has 12 heavy (non-hydrogen) atoms. The number of carbonyl (C=O) groups is 1. The summed E-state index contributed by atoms with van der Waals surface area (Å²) in [6.45, 7) is 0.315. The van der Waals surface area contributed by atoms with Crippen LogP contribution in [0.5, 0.6) is 0 Å². The number of ether oxygens (including phenoxy) is 3. The van der Waals surface area contributed by atoms with E-state index < -0.39 is 24.5 Å². The molecule has 70 valence electrons. The minimum Gasteiger partial charge on any atom is -0.463 e. The van der Waals surface area contributed by atoms with Crippen LogP contribution < -0.4 is 0 Å². The summed E-state index contributed by atoms with van der Waals surface area (Å²) in [7, 11) is 0.949. The molecule has 1 saturated heterocycles. The molecular weight excluding hydrogens is 174 g/mol. The number of carbonyl (C=O) groups excluding carboxylic acids is 1. The van der Waals surface area contributed by atoms with E-state index in [0.29, 0.717) is 0 Å². The van der Waals surface area contributed by atoms with Gasteiger partial charge in [-0.05, 0) is 6.92 Å². The number of halogens is 2. The number of esters is 1. The first-order valence-electron chi connectivity index (χ1n) is 3.20. The van der Waals surface area contributed by atoms with Crippen LogP contribution in [0.3, 0.4) is 0 Å². The molecule has 0 aromatic rings. The fraction of sp³-hybridized carbons (Fsp3) is 0.833. The minimum absolute atomic E-state index is 0.640. The van der Waals surface area contributed by atoms with Gasteiger partial charge in [-0.2, -0.15) is 4.39 Å². The van der Waals surface area contributed by atoms with Crippen LogP contribution in [0.25, 0.3) is 0 Å². The zero-order chi connectivity index (χ0) is 9.41. The molecule has 1 heterocycles. The first kappa shape index (κ1) is 9.34. The van der Waals surface area contributed by atoms with Crippen molar-refractivity contribution < 1.29 is 27.8 Å². The lowest BCUT2D eigenvalue weighted by Crippen LogP contribution is -2.37. The monoisotopic (exact) mass is 182 g/mol. The summed E-state index contributed by atoms with van der Waals surface area (Å²) in [6, 6.07) is -3.10. The Morgan fingerprint density at radius 1 is 1.58 bits per heavy atom. The van der Waals surface area contributed by atoms with Crippen LogP contribution in [-0.2, 0) is 19.0 Å². The highest BCUT2D eigenvalue weighted by Gasteiger charge is 2.56. The van der Waals surface area contributed by atoms with Crippen LogP contribution in [-0.4, -0.2) is 31.6 Å². The molecule has 0 N–H and O–H groups in total. The highest BCUT2D eigenvalue weighted by Crippen LogP contribution is 2.34. The molecule has 6 heteroatoms. The number of hydrogen-bond donors (Lipinski definition) is 0. The Labute approximate surface area is 67.4 Å². The fourth-order valence-corrected chi connectivity index (χ4v) is 0.777.